The monoisotopic (exact) mass is 419 g/mol. The molecule has 1 unspecified atom stereocenters. The van der Waals surface area contributed by atoms with E-state index >= 15 is 0 Å². The van der Waals surface area contributed by atoms with Gasteiger partial charge in [-0.3, -0.25) is 4.98 Å². The van der Waals surface area contributed by atoms with E-state index in [0.29, 0.717) is 17.1 Å². The van der Waals surface area contributed by atoms with Gasteiger partial charge in [0.2, 0.25) is 10.0 Å². The Bertz CT molecular complexity index is 1050. The fourth-order valence-electron chi connectivity index (χ4n) is 3.01. The molecule has 0 saturated heterocycles. The van der Waals surface area contributed by atoms with Gasteiger partial charge in [-0.05, 0) is 43.4 Å². The summed E-state index contributed by atoms with van der Waals surface area (Å²) < 4.78 is 34.6. The van der Waals surface area contributed by atoms with Gasteiger partial charge in [0.05, 0.1) is 15.5 Å². The second kappa shape index (κ2) is 7.77. The third-order valence-corrected chi connectivity index (χ3v) is 7.03. The van der Waals surface area contributed by atoms with Gasteiger partial charge in [0.25, 0.3) is 0 Å². The second-order valence-corrected chi connectivity index (χ2v) is 11.0. The Morgan fingerprint density at radius 2 is 2.00 bits per heavy atom. The van der Waals surface area contributed by atoms with Gasteiger partial charge < -0.3 is 4.52 Å². The molecule has 6 nitrogen and oxygen atoms in total. The van der Waals surface area contributed by atoms with Crippen molar-refractivity contribution in [3.8, 4) is 10.6 Å². The third kappa shape index (κ3) is 4.87. The van der Waals surface area contributed by atoms with Gasteiger partial charge in [-0.2, -0.15) is 0 Å². The van der Waals surface area contributed by atoms with E-state index in [-0.39, 0.29) is 16.4 Å². The Morgan fingerprint density at radius 1 is 1.25 bits per heavy atom. The number of sulfonamides is 1. The molecule has 0 spiro atoms. The molecule has 0 aliphatic heterocycles. The lowest BCUT2D eigenvalue weighted by atomic mass is 9.86. The van der Waals surface area contributed by atoms with Crippen LogP contribution in [0.15, 0.2) is 46.1 Å². The third-order valence-electron chi connectivity index (χ3n) is 4.23. The van der Waals surface area contributed by atoms with Crippen LogP contribution in [0.2, 0.25) is 0 Å². The lowest BCUT2D eigenvalue weighted by molar-refractivity contribution is 0.330. The van der Waals surface area contributed by atoms with Crippen molar-refractivity contribution in [2.45, 2.75) is 52.0 Å². The first-order valence-electron chi connectivity index (χ1n) is 9.01. The summed E-state index contributed by atoms with van der Waals surface area (Å²) in [7, 11) is -3.72. The molecule has 3 aromatic heterocycles. The van der Waals surface area contributed by atoms with E-state index in [1.54, 1.807) is 31.5 Å². The van der Waals surface area contributed by atoms with Gasteiger partial charge >= 0.3 is 0 Å². The molecule has 150 valence electrons. The number of thiophene rings is 1. The van der Waals surface area contributed by atoms with Crippen LogP contribution in [0.5, 0.6) is 0 Å². The molecule has 0 amide bonds. The Labute approximate surface area is 170 Å². The molecule has 0 aliphatic carbocycles. The van der Waals surface area contributed by atoms with Gasteiger partial charge in [-0.1, -0.05) is 32.0 Å². The average molecular weight is 420 g/mol. The summed E-state index contributed by atoms with van der Waals surface area (Å²) in [6.07, 6.45) is 4.04. The van der Waals surface area contributed by atoms with Gasteiger partial charge in [-0.25, -0.2) is 13.1 Å². The lowest BCUT2D eigenvalue weighted by Gasteiger charge is -2.26. The van der Waals surface area contributed by atoms with Crippen molar-refractivity contribution >= 4 is 21.4 Å². The number of rotatable bonds is 6. The van der Waals surface area contributed by atoms with Crippen molar-refractivity contribution < 1.29 is 12.9 Å². The standard InChI is InChI=1S/C20H25N3O3S2/c1-13-9-17(26-22-13)18-10-19(14(2)27-18)28(24,25)23-16(11-20(3,4)5)15-7-6-8-21-12-15/h6-10,12,16,23H,11H2,1-5H3. The minimum absolute atomic E-state index is 0.0603. The molecule has 3 heterocycles. The van der Waals surface area contributed by atoms with E-state index in [0.717, 1.165) is 16.1 Å². The first-order valence-corrected chi connectivity index (χ1v) is 11.3. The molecule has 1 N–H and O–H groups in total. The molecule has 0 fully saturated rings. The highest BCUT2D eigenvalue weighted by atomic mass is 32.2. The van der Waals surface area contributed by atoms with Gasteiger partial charge in [0.1, 0.15) is 0 Å². The van der Waals surface area contributed by atoms with Crippen LogP contribution < -0.4 is 4.72 Å². The molecule has 0 bridgehead atoms. The van der Waals surface area contributed by atoms with E-state index in [1.807, 2.05) is 19.1 Å². The Kier molecular flexibility index (Phi) is 5.74. The van der Waals surface area contributed by atoms with Gasteiger partial charge in [-0.15, -0.1) is 11.3 Å². The second-order valence-electron chi connectivity index (χ2n) is 8.09. The number of aromatic nitrogens is 2. The molecule has 0 aliphatic rings. The highest BCUT2D eigenvalue weighted by Crippen LogP contribution is 2.36. The summed E-state index contributed by atoms with van der Waals surface area (Å²) in [6.45, 7) is 9.90. The maximum Gasteiger partial charge on any atom is 0.242 e. The van der Waals surface area contributed by atoms with E-state index < -0.39 is 10.0 Å². The van der Waals surface area contributed by atoms with E-state index in [4.69, 9.17) is 4.52 Å². The summed E-state index contributed by atoms with van der Waals surface area (Å²) in [6, 6.07) is 6.80. The van der Waals surface area contributed by atoms with Crippen molar-refractivity contribution in [2.75, 3.05) is 0 Å². The highest BCUT2D eigenvalue weighted by molar-refractivity contribution is 7.89. The first-order chi connectivity index (χ1) is 13.0. The number of hydrogen-bond acceptors (Lipinski definition) is 6. The highest BCUT2D eigenvalue weighted by Gasteiger charge is 2.28. The van der Waals surface area contributed by atoms with Crippen LogP contribution in [0, 0.1) is 19.3 Å². The van der Waals surface area contributed by atoms with Gasteiger partial charge in [0.15, 0.2) is 5.76 Å². The topological polar surface area (TPSA) is 85.1 Å². The zero-order valence-electron chi connectivity index (χ0n) is 16.7. The van der Waals surface area contributed by atoms with E-state index in [2.05, 4.69) is 35.6 Å². The fourth-order valence-corrected chi connectivity index (χ4v) is 5.77. The van der Waals surface area contributed by atoms with Crippen LogP contribution in [0.4, 0.5) is 0 Å². The molecule has 3 aromatic rings. The Morgan fingerprint density at radius 3 is 2.57 bits per heavy atom. The van der Waals surface area contributed by atoms with Crippen molar-refractivity contribution in [1.29, 1.82) is 0 Å². The van der Waals surface area contributed by atoms with Crippen molar-refractivity contribution in [1.82, 2.24) is 14.9 Å². The fraction of sp³-hybridized carbons (Fsp3) is 0.400. The summed E-state index contributed by atoms with van der Waals surface area (Å²) in [5, 5.41) is 3.88. The summed E-state index contributed by atoms with van der Waals surface area (Å²) in [5.41, 5.74) is 1.54. The van der Waals surface area contributed by atoms with Crippen molar-refractivity contribution in [3.05, 3.63) is 52.8 Å². The molecule has 1 atom stereocenters. The largest absolute Gasteiger partial charge is 0.355 e. The molecular formula is C20H25N3O3S2. The maximum atomic E-state index is 13.2. The van der Waals surface area contributed by atoms with Crippen LogP contribution in [0.25, 0.3) is 10.6 Å². The summed E-state index contributed by atoms with van der Waals surface area (Å²) >= 11 is 1.38. The number of pyridine rings is 1. The first kappa shape index (κ1) is 20.7. The number of nitrogens with one attached hydrogen (secondary N) is 1. The lowest BCUT2D eigenvalue weighted by Crippen LogP contribution is -2.31. The number of aryl methyl sites for hydroxylation is 2. The minimum Gasteiger partial charge on any atom is -0.355 e. The van der Waals surface area contributed by atoms with Crippen LogP contribution in [-0.4, -0.2) is 18.6 Å². The summed E-state index contributed by atoms with van der Waals surface area (Å²) in [4.78, 5) is 5.87. The normalized spacial score (nSPS) is 13.6. The molecule has 8 heteroatoms. The van der Waals surface area contributed by atoms with Crippen LogP contribution in [-0.2, 0) is 10.0 Å². The van der Waals surface area contributed by atoms with Crippen molar-refractivity contribution in [3.63, 3.8) is 0 Å². The van der Waals surface area contributed by atoms with Crippen molar-refractivity contribution in [2.24, 2.45) is 5.41 Å². The molecule has 0 saturated carbocycles. The van der Waals surface area contributed by atoms with Gasteiger partial charge in [0, 0.05) is 29.4 Å². The molecule has 3 rings (SSSR count). The zero-order valence-corrected chi connectivity index (χ0v) is 18.3. The SMILES string of the molecule is Cc1cc(-c2cc(S(=O)(=O)NC(CC(C)(C)C)c3cccnc3)c(C)s2)on1. The average Bonchev–Trinajstić information content (AvgIpc) is 3.20. The zero-order chi connectivity index (χ0) is 20.5. The Hall–Kier alpha value is -2.03. The minimum atomic E-state index is -3.72. The molecule has 0 radical (unpaired) electrons. The predicted octanol–water partition coefficient (Wildman–Crippen LogP) is 4.87. The Balaban J connectivity index is 1.94. The van der Waals surface area contributed by atoms with E-state index in [1.165, 1.54) is 11.3 Å². The quantitative estimate of drug-likeness (QED) is 0.616. The molecular weight excluding hydrogens is 394 g/mol. The van der Waals surface area contributed by atoms with Crippen LogP contribution >= 0.6 is 11.3 Å². The number of nitrogens with zero attached hydrogens (tertiary/aromatic N) is 2. The number of hydrogen-bond donors (Lipinski definition) is 1. The maximum absolute atomic E-state index is 13.2. The molecule has 28 heavy (non-hydrogen) atoms. The molecule has 0 aromatic carbocycles. The van der Waals surface area contributed by atoms with E-state index in [9.17, 15) is 8.42 Å². The van der Waals surface area contributed by atoms with Crippen LogP contribution in [0.3, 0.4) is 0 Å². The van der Waals surface area contributed by atoms with Crippen LogP contribution in [0.1, 0.15) is 49.4 Å². The predicted molar refractivity (Wildman–Crippen MR) is 111 cm³/mol. The smallest absolute Gasteiger partial charge is 0.242 e. The summed E-state index contributed by atoms with van der Waals surface area (Å²) in [5.74, 6) is 0.575.